The quantitative estimate of drug-likeness (QED) is 0.725. The lowest BCUT2D eigenvalue weighted by molar-refractivity contribution is -0.137. The lowest BCUT2D eigenvalue weighted by Gasteiger charge is -1.99. The predicted molar refractivity (Wildman–Crippen MR) is 80.7 cm³/mol. The van der Waals surface area contributed by atoms with E-state index in [1.165, 1.54) is 0 Å². The third-order valence-corrected chi connectivity index (χ3v) is 3.84. The molecule has 0 aliphatic carbocycles. The lowest BCUT2D eigenvalue weighted by Crippen LogP contribution is -1.95. The van der Waals surface area contributed by atoms with Crippen LogP contribution in [0.3, 0.4) is 0 Å². The summed E-state index contributed by atoms with van der Waals surface area (Å²) in [5.74, 6) is 0.101. The van der Waals surface area contributed by atoms with Crippen molar-refractivity contribution in [3.05, 3.63) is 32.1 Å². The number of nitrogens with zero attached hydrogens (tertiary/aromatic N) is 2. The van der Waals surface area contributed by atoms with Crippen LogP contribution >= 0.6 is 38.5 Å². The minimum Gasteiger partial charge on any atom is -0.481 e. The van der Waals surface area contributed by atoms with Gasteiger partial charge in [0.15, 0.2) is 0 Å². The number of aryl methyl sites for hydroxylation is 1. The van der Waals surface area contributed by atoms with Crippen molar-refractivity contribution in [2.45, 2.75) is 19.3 Å². The van der Waals surface area contributed by atoms with Gasteiger partial charge in [-0.05, 0) is 47.2 Å². The van der Waals surface area contributed by atoms with E-state index in [0.29, 0.717) is 24.6 Å². The summed E-state index contributed by atoms with van der Waals surface area (Å²) in [4.78, 5) is 10.4. The number of carboxylic acid groups (broad SMARTS) is 1. The average molecular weight is 437 g/mol. The van der Waals surface area contributed by atoms with Crippen LogP contribution in [-0.4, -0.2) is 21.3 Å². The van der Waals surface area contributed by atoms with Gasteiger partial charge in [-0.2, -0.15) is 0 Å². The van der Waals surface area contributed by atoms with E-state index in [2.05, 4.69) is 48.7 Å². The van der Waals surface area contributed by atoms with Crippen LogP contribution in [0.5, 0.6) is 0 Å². The summed E-state index contributed by atoms with van der Waals surface area (Å²) >= 11 is 5.60. The zero-order valence-corrected chi connectivity index (χ0v) is 13.5. The molecule has 0 aliphatic rings. The molecule has 1 N–H and O–H groups in total. The van der Waals surface area contributed by atoms with Gasteiger partial charge in [0, 0.05) is 20.9 Å². The fourth-order valence-electron chi connectivity index (χ4n) is 1.52. The van der Waals surface area contributed by atoms with E-state index in [4.69, 9.17) is 9.52 Å². The Morgan fingerprint density at radius 3 is 2.95 bits per heavy atom. The summed E-state index contributed by atoms with van der Waals surface area (Å²) in [6.45, 7) is 0. The van der Waals surface area contributed by atoms with Gasteiger partial charge in [0.2, 0.25) is 11.8 Å². The van der Waals surface area contributed by atoms with Crippen LogP contribution in [0, 0.1) is 3.57 Å². The number of rotatable bonds is 5. The van der Waals surface area contributed by atoms with Crippen molar-refractivity contribution in [1.82, 2.24) is 10.2 Å². The number of benzene rings is 1. The highest BCUT2D eigenvalue weighted by Gasteiger charge is 2.12. The first-order chi connectivity index (χ1) is 9.06. The van der Waals surface area contributed by atoms with Crippen molar-refractivity contribution < 1.29 is 14.3 Å². The topological polar surface area (TPSA) is 76.2 Å². The molecule has 0 bridgehead atoms. The third-order valence-electron chi connectivity index (χ3n) is 2.41. The number of hydrogen-bond acceptors (Lipinski definition) is 4. The second-order valence-corrected chi connectivity index (χ2v) is 5.95. The molecule has 0 spiro atoms. The molecule has 100 valence electrons. The van der Waals surface area contributed by atoms with Gasteiger partial charge in [0.1, 0.15) is 0 Å². The zero-order chi connectivity index (χ0) is 13.8. The highest BCUT2D eigenvalue weighted by molar-refractivity contribution is 14.1. The maximum absolute atomic E-state index is 10.4. The van der Waals surface area contributed by atoms with E-state index < -0.39 is 5.97 Å². The van der Waals surface area contributed by atoms with Crippen LogP contribution in [0.4, 0.5) is 0 Å². The van der Waals surface area contributed by atoms with E-state index in [-0.39, 0.29) is 6.42 Å². The van der Waals surface area contributed by atoms with Crippen molar-refractivity contribution in [3.63, 3.8) is 0 Å². The monoisotopic (exact) mass is 436 g/mol. The molecule has 0 saturated carbocycles. The molecule has 0 fully saturated rings. The van der Waals surface area contributed by atoms with Crippen molar-refractivity contribution in [2.75, 3.05) is 0 Å². The molecule has 19 heavy (non-hydrogen) atoms. The first kappa shape index (κ1) is 14.4. The number of carbonyl (C=O) groups is 1. The Hall–Kier alpha value is -0.960. The highest BCUT2D eigenvalue weighted by atomic mass is 127. The molecule has 0 radical (unpaired) electrons. The van der Waals surface area contributed by atoms with Crippen LogP contribution in [0.15, 0.2) is 27.1 Å². The zero-order valence-electron chi connectivity index (χ0n) is 9.77. The van der Waals surface area contributed by atoms with Crippen LogP contribution in [-0.2, 0) is 11.2 Å². The van der Waals surface area contributed by atoms with Gasteiger partial charge < -0.3 is 9.52 Å². The number of hydrogen-bond donors (Lipinski definition) is 1. The minimum absolute atomic E-state index is 0.103. The Morgan fingerprint density at radius 1 is 1.42 bits per heavy atom. The summed E-state index contributed by atoms with van der Waals surface area (Å²) in [7, 11) is 0. The summed E-state index contributed by atoms with van der Waals surface area (Å²) in [6, 6.07) is 5.81. The summed E-state index contributed by atoms with van der Waals surface area (Å²) in [5.41, 5.74) is 0.868. The molecule has 2 rings (SSSR count). The molecular formula is C12H10BrIN2O3. The highest BCUT2D eigenvalue weighted by Crippen LogP contribution is 2.27. The molecule has 0 saturated heterocycles. The molecule has 0 atom stereocenters. The average Bonchev–Trinajstić information content (AvgIpc) is 2.80. The van der Waals surface area contributed by atoms with Gasteiger partial charge >= 0.3 is 5.97 Å². The molecule has 1 heterocycles. The molecular weight excluding hydrogens is 427 g/mol. The Balaban J connectivity index is 2.12. The van der Waals surface area contributed by atoms with Gasteiger partial charge in [-0.25, -0.2) is 0 Å². The lowest BCUT2D eigenvalue weighted by atomic mass is 10.2. The van der Waals surface area contributed by atoms with Crippen molar-refractivity contribution in [2.24, 2.45) is 0 Å². The van der Waals surface area contributed by atoms with Gasteiger partial charge in [0.25, 0.3) is 0 Å². The number of halogens is 2. The van der Waals surface area contributed by atoms with E-state index in [0.717, 1.165) is 13.6 Å². The smallest absolute Gasteiger partial charge is 0.303 e. The fourth-order valence-corrected chi connectivity index (χ4v) is 2.44. The normalized spacial score (nSPS) is 10.6. The molecule has 1 aromatic heterocycles. The Morgan fingerprint density at radius 2 is 2.21 bits per heavy atom. The van der Waals surface area contributed by atoms with Crippen LogP contribution < -0.4 is 0 Å². The molecule has 0 amide bonds. The van der Waals surface area contributed by atoms with Crippen molar-refractivity contribution in [1.29, 1.82) is 0 Å². The van der Waals surface area contributed by atoms with E-state index in [1.807, 2.05) is 18.2 Å². The molecule has 1 aromatic carbocycles. The molecule has 0 aliphatic heterocycles. The molecule has 2 aromatic rings. The van der Waals surface area contributed by atoms with Crippen molar-refractivity contribution >= 4 is 44.5 Å². The van der Waals surface area contributed by atoms with Crippen LogP contribution in [0.25, 0.3) is 11.5 Å². The molecule has 5 nitrogen and oxygen atoms in total. The Bertz CT molecular complexity index is 600. The summed E-state index contributed by atoms with van der Waals surface area (Å²) in [5, 5.41) is 16.5. The van der Waals surface area contributed by atoms with E-state index >= 15 is 0 Å². The second-order valence-electron chi connectivity index (χ2n) is 3.87. The number of aliphatic carboxylic acids is 1. The maximum atomic E-state index is 10.4. The molecule has 7 heteroatoms. The standard InChI is InChI=1S/C12H10BrIN2O3/c13-7-4-5-9(14)8(6-7)12-16-15-10(19-12)2-1-3-11(17)18/h4-6H,1-3H2,(H,17,18). The first-order valence-electron chi connectivity index (χ1n) is 5.56. The summed E-state index contributed by atoms with van der Waals surface area (Å²) in [6.07, 6.45) is 1.07. The first-order valence-corrected chi connectivity index (χ1v) is 7.43. The van der Waals surface area contributed by atoms with Gasteiger partial charge in [-0.15, -0.1) is 10.2 Å². The van der Waals surface area contributed by atoms with Crippen LogP contribution in [0.2, 0.25) is 0 Å². The van der Waals surface area contributed by atoms with E-state index in [9.17, 15) is 4.79 Å². The van der Waals surface area contributed by atoms with Gasteiger partial charge in [-0.1, -0.05) is 15.9 Å². The predicted octanol–water partition coefficient (Wildman–Crippen LogP) is 3.51. The van der Waals surface area contributed by atoms with E-state index in [1.54, 1.807) is 0 Å². The Kier molecular flexibility index (Phi) is 4.92. The third kappa shape index (κ3) is 4.00. The Labute approximate surface area is 131 Å². The SMILES string of the molecule is O=C(O)CCCc1nnc(-c2cc(Br)ccc2I)o1. The number of aromatic nitrogens is 2. The van der Waals surface area contributed by atoms with Gasteiger partial charge in [-0.3, -0.25) is 4.79 Å². The fraction of sp³-hybridized carbons (Fsp3) is 0.250. The number of carboxylic acids is 1. The summed E-state index contributed by atoms with van der Waals surface area (Å²) < 4.78 is 7.50. The molecule has 0 unspecified atom stereocenters. The van der Waals surface area contributed by atoms with Gasteiger partial charge in [0.05, 0.1) is 5.56 Å². The maximum Gasteiger partial charge on any atom is 0.303 e. The largest absolute Gasteiger partial charge is 0.481 e. The second kappa shape index (κ2) is 6.47. The minimum atomic E-state index is -0.818. The van der Waals surface area contributed by atoms with Crippen LogP contribution in [0.1, 0.15) is 18.7 Å². The van der Waals surface area contributed by atoms with Crippen molar-refractivity contribution in [3.8, 4) is 11.5 Å².